The minimum absolute atomic E-state index is 0.0754. The molecular formula is C19H25F3N2O. The Morgan fingerprint density at radius 2 is 1.76 bits per heavy atom. The molecule has 0 bridgehead atoms. The molecule has 0 aliphatic carbocycles. The first-order valence-electron chi connectivity index (χ1n) is 9.17. The zero-order valence-corrected chi connectivity index (χ0v) is 14.4. The Morgan fingerprint density at radius 3 is 2.52 bits per heavy atom. The van der Waals surface area contributed by atoms with Crippen molar-refractivity contribution in [2.75, 3.05) is 26.2 Å². The summed E-state index contributed by atoms with van der Waals surface area (Å²) in [4.78, 5) is 16.1. The van der Waals surface area contributed by atoms with Crippen LogP contribution < -0.4 is 0 Å². The largest absolute Gasteiger partial charge is 0.343 e. The van der Waals surface area contributed by atoms with Crippen molar-refractivity contribution < 1.29 is 18.0 Å². The number of carbonyl (C=O) groups is 1. The van der Waals surface area contributed by atoms with Crippen molar-refractivity contribution in [3.63, 3.8) is 0 Å². The summed E-state index contributed by atoms with van der Waals surface area (Å²) in [5.74, 6) is -2.24. The summed E-state index contributed by atoms with van der Waals surface area (Å²) >= 11 is 0. The van der Waals surface area contributed by atoms with Gasteiger partial charge < -0.3 is 4.90 Å². The van der Waals surface area contributed by atoms with Crippen LogP contribution in [0.5, 0.6) is 0 Å². The van der Waals surface area contributed by atoms with Crippen LogP contribution in [0, 0.1) is 23.4 Å². The molecule has 3 rings (SSSR count). The van der Waals surface area contributed by atoms with Gasteiger partial charge in [-0.1, -0.05) is 0 Å². The van der Waals surface area contributed by atoms with Crippen molar-refractivity contribution in [3.05, 3.63) is 35.1 Å². The second-order valence-corrected chi connectivity index (χ2v) is 7.19. The lowest BCUT2D eigenvalue weighted by Crippen LogP contribution is -2.36. The van der Waals surface area contributed by atoms with E-state index < -0.39 is 17.5 Å². The second kappa shape index (κ2) is 8.21. The van der Waals surface area contributed by atoms with Gasteiger partial charge in [-0.3, -0.25) is 9.69 Å². The van der Waals surface area contributed by atoms with Crippen molar-refractivity contribution in [3.8, 4) is 0 Å². The van der Waals surface area contributed by atoms with Crippen LogP contribution in [-0.4, -0.2) is 41.9 Å². The molecule has 1 atom stereocenters. The lowest BCUT2D eigenvalue weighted by atomic mass is 9.92. The van der Waals surface area contributed by atoms with Gasteiger partial charge in [0.2, 0.25) is 5.91 Å². The second-order valence-electron chi connectivity index (χ2n) is 7.19. The number of halogens is 3. The fourth-order valence-corrected chi connectivity index (χ4v) is 3.92. The number of amides is 1. The quantitative estimate of drug-likeness (QED) is 0.753. The Bertz CT molecular complexity index is 617. The molecule has 6 heteroatoms. The molecule has 2 aliphatic heterocycles. The van der Waals surface area contributed by atoms with Crippen LogP contribution in [0.3, 0.4) is 0 Å². The number of carbonyl (C=O) groups excluding carboxylic acids is 1. The van der Waals surface area contributed by atoms with E-state index in [9.17, 15) is 18.0 Å². The summed E-state index contributed by atoms with van der Waals surface area (Å²) in [6, 6.07) is 1.79. The summed E-state index contributed by atoms with van der Waals surface area (Å²) < 4.78 is 41.0. The van der Waals surface area contributed by atoms with Crippen molar-refractivity contribution in [1.29, 1.82) is 0 Å². The normalized spacial score (nSPS) is 21.7. The fourth-order valence-electron chi connectivity index (χ4n) is 3.92. The monoisotopic (exact) mass is 354 g/mol. The predicted molar refractivity (Wildman–Crippen MR) is 89.4 cm³/mol. The van der Waals surface area contributed by atoms with Gasteiger partial charge in [0.15, 0.2) is 11.6 Å². The molecule has 0 radical (unpaired) electrons. The van der Waals surface area contributed by atoms with Crippen LogP contribution in [0.1, 0.15) is 44.1 Å². The molecule has 3 nitrogen and oxygen atoms in total. The number of rotatable bonds is 5. The van der Waals surface area contributed by atoms with Gasteiger partial charge in [-0.2, -0.15) is 0 Å². The molecular weight excluding hydrogens is 329 g/mol. The van der Waals surface area contributed by atoms with Crippen LogP contribution in [0.25, 0.3) is 0 Å². The third-order valence-electron chi connectivity index (χ3n) is 5.35. The number of nitrogens with zero attached hydrogens (tertiary/aromatic N) is 2. The highest BCUT2D eigenvalue weighted by molar-refractivity contribution is 5.76. The smallest absolute Gasteiger partial charge is 0.222 e. The molecule has 2 fully saturated rings. The van der Waals surface area contributed by atoms with Crippen LogP contribution in [0.2, 0.25) is 0 Å². The maximum atomic E-state index is 13.8. The molecule has 25 heavy (non-hydrogen) atoms. The minimum atomic E-state index is -1.09. The Labute approximate surface area is 146 Å². The Balaban J connectivity index is 1.53. The summed E-state index contributed by atoms with van der Waals surface area (Å²) in [6.45, 7) is 3.25. The van der Waals surface area contributed by atoms with E-state index >= 15 is 0 Å². The molecule has 138 valence electrons. The van der Waals surface area contributed by atoms with Crippen molar-refractivity contribution in [1.82, 2.24) is 9.80 Å². The minimum Gasteiger partial charge on any atom is -0.343 e. The standard InChI is InChI=1S/C19H25F3N2O/c20-16-6-7-17(21)19(22)15(16)13-23-9-3-4-14(12-23)5-8-18(25)24-10-1-2-11-24/h6-7,14H,1-5,8-13H2/t14-/m1/s1. The van der Waals surface area contributed by atoms with E-state index in [1.54, 1.807) is 0 Å². The number of hydrogen-bond acceptors (Lipinski definition) is 2. The predicted octanol–water partition coefficient (Wildman–Crippen LogP) is 3.72. The maximum absolute atomic E-state index is 13.8. The summed E-state index contributed by atoms with van der Waals surface area (Å²) in [5.41, 5.74) is -0.200. The molecule has 0 aromatic heterocycles. The summed E-state index contributed by atoms with van der Waals surface area (Å²) in [6.07, 6.45) is 5.49. The first kappa shape index (κ1) is 18.2. The van der Waals surface area contributed by atoms with E-state index in [0.29, 0.717) is 18.9 Å². The van der Waals surface area contributed by atoms with Crippen LogP contribution in [-0.2, 0) is 11.3 Å². The van der Waals surface area contributed by atoms with Crippen LogP contribution in [0.4, 0.5) is 13.2 Å². The van der Waals surface area contributed by atoms with Gasteiger partial charge in [-0.25, -0.2) is 13.2 Å². The lowest BCUT2D eigenvalue weighted by Gasteiger charge is -2.33. The van der Waals surface area contributed by atoms with Crippen molar-refractivity contribution >= 4 is 5.91 Å². The van der Waals surface area contributed by atoms with Gasteiger partial charge in [0.25, 0.3) is 0 Å². The summed E-state index contributed by atoms with van der Waals surface area (Å²) in [5, 5.41) is 0. The summed E-state index contributed by atoms with van der Waals surface area (Å²) in [7, 11) is 0. The molecule has 0 spiro atoms. The molecule has 1 aromatic rings. The van der Waals surface area contributed by atoms with Gasteiger partial charge in [0.1, 0.15) is 5.82 Å². The SMILES string of the molecule is O=C(CC[C@H]1CCCN(Cc2c(F)ccc(F)c2F)C1)N1CCCC1. The topological polar surface area (TPSA) is 23.6 Å². The van der Waals surface area contributed by atoms with E-state index in [2.05, 4.69) is 0 Å². The Morgan fingerprint density at radius 1 is 1.04 bits per heavy atom. The highest BCUT2D eigenvalue weighted by Gasteiger charge is 2.25. The number of piperidine rings is 1. The molecule has 1 aromatic carbocycles. The Kier molecular flexibility index (Phi) is 5.99. The van der Waals surface area contributed by atoms with E-state index in [4.69, 9.17) is 0 Å². The first-order valence-corrected chi connectivity index (χ1v) is 9.17. The zero-order valence-electron chi connectivity index (χ0n) is 14.4. The van der Waals surface area contributed by atoms with Gasteiger partial charge in [0, 0.05) is 38.2 Å². The third-order valence-corrected chi connectivity index (χ3v) is 5.35. The van der Waals surface area contributed by atoms with E-state index in [1.807, 2.05) is 9.80 Å². The van der Waals surface area contributed by atoms with Gasteiger partial charge >= 0.3 is 0 Å². The van der Waals surface area contributed by atoms with Crippen LogP contribution in [0.15, 0.2) is 12.1 Å². The average molecular weight is 354 g/mol. The van der Waals surface area contributed by atoms with E-state index in [0.717, 1.165) is 63.9 Å². The third kappa shape index (κ3) is 4.54. The first-order chi connectivity index (χ1) is 12.0. The average Bonchev–Trinajstić information content (AvgIpc) is 3.15. The number of benzene rings is 1. The lowest BCUT2D eigenvalue weighted by molar-refractivity contribution is -0.130. The van der Waals surface area contributed by atoms with Crippen molar-refractivity contribution in [2.45, 2.75) is 45.1 Å². The highest BCUT2D eigenvalue weighted by atomic mass is 19.2. The van der Waals surface area contributed by atoms with Crippen molar-refractivity contribution in [2.24, 2.45) is 5.92 Å². The fraction of sp³-hybridized carbons (Fsp3) is 0.632. The van der Waals surface area contributed by atoms with Gasteiger partial charge in [-0.05, 0) is 56.7 Å². The zero-order chi connectivity index (χ0) is 17.8. The van der Waals surface area contributed by atoms with E-state index in [-0.39, 0.29) is 18.0 Å². The molecule has 0 N–H and O–H groups in total. The molecule has 2 aliphatic rings. The highest BCUT2D eigenvalue weighted by Crippen LogP contribution is 2.25. The van der Waals surface area contributed by atoms with Gasteiger partial charge in [0.05, 0.1) is 0 Å². The molecule has 2 saturated heterocycles. The van der Waals surface area contributed by atoms with Crippen LogP contribution >= 0.6 is 0 Å². The Hall–Kier alpha value is -1.56. The number of hydrogen-bond donors (Lipinski definition) is 0. The molecule has 0 unspecified atom stereocenters. The molecule has 1 amide bonds. The molecule has 0 saturated carbocycles. The van der Waals surface area contributed by atoms with Gasteiger partial charge in [-0.15, -0.1) is 0 Å². The van der Waals surface area contributed by atoms with E-state index in [1.165, 1.54) is 0 Å². The molecule has 2 heterocycles. The number of likely N-dealkylation sites (tertiary alicyclic amines) is 2. The maximum Gasteiger partial charge on any atom is 0.222 e.